The first-order valence-electron chi connectivity index (χ1n) is 9.77. The number of ether oxygens (including phenoxy) is 1. The minimum atomic E-state index is -0.0791. The number of amides is 2. The Hall–Kier alpha value is -2.66. The maximum Gasteiger partial charge on any atom is 0.254 e. The molecule has 1 N–H and O–H groups in total. The van der Waals surface area contributed by atoms with Crippen molar-refractivity contribution in [3.8, 4) is 0 Å². The van der Waals surface area contributed by atoms with E-state index in [1.807, 2.05) is 56.0 Å². The Morgan fingerprint density at radius 3 is 2.61 bits per heavy atom. The number of benzene rings is 2. The summed E-state index contributed by atoms with van der Waals surface area (Å²) in [4.78, 5) is 27.3. The fourth-order valence-corrected chi connectivity index (χ4v) is 3.38. The second-order valence-corrected chi connectivity index (χ2v) is 7.44. The van der Waals surface area contributed by atoms with Crippen molar-refractivity contribution >= 4 is 17.5 Å². The highest BCUT2D eigenvalue weighted by molar-refractivity contribution is 5.98. The van der Waals surface area contributed by atoms with E-state index in [2.05, 4.69) is 5.32 Å². The zero-order valence-electron chi connectivity index (χ0n) is 16.9. The Balaban J connectivity index is 1.73. The van der Waals surface area contributed by atoms with E-state index in [0.29, 0.717) is 44.0 Å². The summed E-state index contributed by atoms with van der Waals surface area (Å²) in [7, 11) is 0. The number of hydrogen-bond acceptors (Lipinski definition) is 3. The lowest BCUT2D eigenvalue weighted by Crippen LogP contribution is -2.33. The van der Waals surface area contributed by atoms with Crippen LogP contribution in [0.3, 0.4) is 0 Å². The molecule has 2 amide bonds. The molecule has 148 valence electrons. The molecule has 5 heteroatoms. The van der Waals surface area contributed by atoms with Gasteiger partial charge < -0.3 is 15.0 Å². The lowest BCUT2D eigenvalue weighted by Gasteiger charge is -2.20. The molecule has 28 heavy (non-hydrogen) atoms. The minimum Gasteiger partial charge on any atom is -0.380 e. The third-order valence-corrected chi connectivity index (χ3v) is 5.12. The van der Waals surface area contributed by atoms with Gasteiger partial charge in [-0.3, -0.25) is 9.59 Å². The molecule has 0 aromatic heterocycles. The van der Waals surface area contributed by atoms with Crippen LogP contribution in [0.25, 0.3) is 0 Å². The lowest BCUT2D eigenvalue weighted by molar-refractivity contribution is -0.115. The van der Waals surface area contributed by atoms with Gasteiger partial charge in [-0.25, -0.2) is 0 Å². The summed E-state index contributed by atoms with van der Waals surface area (Å²) in [6.45, 7) is 8.52. The average molecular weight is 380 g/mol. The molecule has 3 rings (SSSR count). The number of nitrogens with zero attached hydrogens (tertiary/aromatic N) is 1. The Bertz CT molecular complexity index is 868. The first-order valence-corrected chi connectivity index (χ1v) is 9.77. The minimum absolute atomic E-state index is 0.0180. The van der Waals surface area contributed by atoms with E-state index < -0.39 is 0 Å². The van der Waals surface area contributed by atoms with Gasteiger partial charge in [0.1, 0.15) is 0 Å². The smallest absolute Gasteiger partial charge is 0.254 e. The number of carbonyl (C=O) groups is 2. The standard InChI is InChI=1S/C23H28N2O3/c1-16-5-6-17(2)20(13-16)15-22(26)24-21-14-19(8-7-18(21)3)23(27)25-9-4-11-28-12-10-25/h5-8,13-14H,4,9-12,15H2,1-3H3,(H,24,26). The molecule has 0 atom stereocenters. The summed E-state index contributed by atoms with van der Waals surface area (Å²) in [6, 6.07) is 11.6. The largest absolute Gasteiger partial charge is 0.380 e. The number of carbonyl (C=O) groups excluding carboxylic acids is 2. The maximum atomic E-state index is 12.8. The van der Waals surface area contributed by atoms with Gasteiger partial charge in [0.15, 0.2) is 0 Å². The molecule has 1 heterocycles. The molecule has 0 bridgehead atoms. The van der Waals surface area contributed by atoms with E-state index in [1.54, 1.807) is 6.07 Å². The average Bonchev–Trinajstić information content (AvgIpc) is 2.95. The van der Waals surface area contributed by atoms with Crippen molar-refractivity contribution in [3.05, 3.63) is 64.2 Å². The van der Waals surface area contributed by atoms with Crippen LogP contribution in [0.2, 0.25) is 0 Å². The molecule has 1 aliphatic heterocycles. The van der Waals surface area contributed by atoms with Gasteiger partial charge in [0, 0.05) is 30.9 Å². The van der Waals surface area contributed by atoms with Gasteiger partial charge in [0.05, 0.1) is 13.0 Å². The number of hydrogen-bond donors (Lipinski definition) is 1. The van der Waals surface area contributed by atoms with Crippen LogP contribution in [0.15, 0.2) is 36.4 Å². The van der Waals surface area contributed by atoms with Gasteiger partial charge in [-0.1, -0.05) is 29.8 Å². The van der Waals surface area contributed by atoms with Crippen molar-refractivity contribution in [1.82, 2.24) is 4.90 Å². The van der Waals surface area contributed by atoms with Crippen molar-refractivity contribution < 1.29 is 14.3 Å². The number of nitrogens with one attached hydrogen (secondary N) is 1. The van der Waals surface area contributed by atoms with Crippen LogP contribution in [0.5, 0.6) is 0 Å². The molecule has 1 aliphatic rings. The highest BCUT2D eigenvalue weighted by atomic mass is 16.5. The molecule has 0 unspecified atom stereocenters. The van der Waals surface area contributed by atoms with Gasteiger partial charge in [-0.15, -0.1) is 0 Å². The summed E-state index contributed by atoms with van der Waals surface area (Å²) >= 11 is 0. The van der Waals surface area contributed by atoms with Crippen molar-refractivity contribution in [3.63, 3.8) is 0 Å². The predicted molar refractivity (Wildman–Crippen MR) is 111 cm³/mol. The molecule has 0 aliphatic carbocycles. The van der Waals surface area contributed by atoms with Crippen LogP contribution in [-0.2, 0) is 16.0 Å². The van der Waals surface area contributed by atoms with Crippen LogP contribution in [0.1, 0.15) is 39.0 Å². The summed E-state index contributed by atoms with van der Waals surface area (Å²) in [5.41, 5.74) is 5.47. The predicted octanol–water partition coefficient (Wildman–Crippen LogP) is 3.66. The van der Waals surface area contributed by atoms with Crippen LogP contribution in [0, 0.1) is 20.8 Å². The van der Waals surface area contributed by atoms with Crippen LogP contribution < -0.4 is 5.32 Å². The molecule has 0 radical (unpaired) electrons. The second-order valence-electron chi connectivity index (χ2n) is 7.44. The third kappa shape index (κ3) is 4.98. The summed E-state index contributed by atoms with van der Waals surface area (Å²) in [5.74, 6) is -0.0971. The molecule has 0 spiro atoms. The first-order chi connectivity index (χ1) is 13.4. The first kappa shape index (κ1) is 20.1. The topological polar surface area (TPSA) is 58.6 Å². The van der Waals surface area contributed by atoms with Crippen LogP contribution in [0.4, 0.5) is 5.69 Å². The zero-order valence-corrected chi connectivity index (χ0v) is 16.9. The van der Waals surface area contributed by atoms with Crippen molar-refractivity contribution in [2.45, 2.75) is 33.6 Å². The van der Waals surface area contributed by atoms with E-state index in [-0.39, 0.29) is 11.8 Å². The highest BCUT2D eigenvalue weighted by Gasteiger charge is 2.18. The van der Waals surface area contributed by atoms with Gasteiger partial charge in [-0.2, -0.15) is 0 Å². The number of rotatable bonds is 4. The normalized spacial score (nSPS) is 14.5. The third-order valence-electron chi connectivity index (χ3n) is 5.12. The SMILES string of the molecule is Cc1ccc(C)c(CC(=O)Nc2cc(C(=O)N3CCCOCC3)ccc2C)c1. The Kier molecular flexibility index (Phi) is 6.47. The summed E-state index contributed by atoms with van der Waals surface area (Å²) < 4.78 is 5.43. The van der Waals surface area contributed by atoms with E-state index in [9.17, 15) is 9.59 Å². The fraction of sp³-hybridized carbons (Fsp3) is 0.391. The molecular weight excluding hydrogens is 352 g/mol. The van der Waals surface area contributed by atoms with Gasteiger partial charge in [-0.05, 0) is 56.0 Å². The maximum absolute atomic E-state index is 12.8. The van der Waals surface area contributed by atoms with Gasteiger partial charge in [0.2, 0.25) is 5.91 Å². The summed E-state index contributed by atoms with van der Waals surface area (Å²) in [5, 5.41) is 2.98. The van der Waals surface area contributed by atoms with E-state index in [0.717, 1.165) is 28.7 Å². The number of anilines is 1. The Morgan fingerprint density at radius 2 is 1.79 bits per heavy atom. The fourth-order valence-electron chi connectivity index (χ4n) is 3.38. The lowest BCUT2D eigenvalue weighted by atomic mass is 10.0. The number of aryl methyl sites for hydroxylation is 3. The van der Waals surface area contributed by atoms with Gasteiger partial charge in [0.25, 0.3) is 5.91 Å². The van der Waals surface area contributed by atoms with Crippen LogP contribution >= 0.6 is 0 Å². The Labute approximate surface area is 166 Å². The van der Waals surface area contributed by atoms with E-state index in [4.69, 9.17) is 4.74 Å². The molecular formula is C23H28N2O3. The molecule has 2 aromatic carbocycles. The van der Waals surface area contributed by atoms with Crippen molar-refractivity contribution in [1.29, 1.82) is 0 Å². The highest BCUT2D eigenvalue weighted by Crippen LogP contribution is 2.20. The van der Waals surface area contributed by atoms with E-state index in [1.165, 1.54) is 0 Å². The quantitative estimate of drug-likeness (QED) is 0.881. The Morgan fingerprint density at radius 1 is 1.00 bits per heavy atom. The monoisotopic (exact) mass is 380 g/mol. The molecule has 5 nitrogen and oxygen atoms in total. The van der Waals surface area contributed by atoms with Crippen molar-refractivity contribution in [2.24, 2.45) is 0 Å². The molecule has 2 aromatic rings. The van der Waals surface area contributed by atoms with Gasteiger partial charge >= 0.3 is 0 Å². The van der Waals surface area contributed by atoms with E-state index >= 15 is 0 Å². The zero-order chi connectivity index (χ0) is 20.1. The second kappa shape index (κ2) is 9.02. The molecule has 1 fully saturated rings. The summed E-state index contributed by atoms with van der Waals surface area (Å²) in [6.07, 6.45) is 1.16. The van der Waals surface area contributed by atoms with Crippen LogP contribution in [-0.4, -0.2) is 43.0 Å². The molecule has 1 saturated heterocycles. The molecule has 0 saturated carbocycles. The van der Waals surface area contributed by atoms with Crippen molar-refractivity contribution in [2.75, 3.05) is 31.6 Å².